The average molecular weight is 259 g/mol. The quantitative estimate of drug-likeness (QED) is 0.714. The number of hydrogen-bond acceptors (Lipinski definition) is 1. The zero-order valence-electron chi connectivity index (χ0n) is 12.8. The highest BCUT2D eigenvalue weighted by molar-refractivity contribution is 5.32. The molecule has 1 aliphatic carbocycles. The van der Waals surface area contributed by atoms with Gasteiger partial charge in [0.25, 0.3) is 0 Å². The smallest absolute Gasteiger partial charge is 0.00830 e. The van der Waals surface area contributed by atoms with E-state index in [-0.39, 0.29) is 0 Å². The third-order valence-corrected chi connectivity index (χ3v) is 4.61. The van der Waals surface area contributed by atoms with E-state index in [0.29, 0.717) is 5.41 Å². The van der Waals surface area contributed by atoms with Gasteiger partial charge in [-0.25, -0.2) is 0 Å². The van der Waals surface area contributed by atoms with Crippen molar-refractivity contribution in [3.8, 4) is 0 Å². The van der Waals surface area contributed by atoms with Crippen LogP contribution in [0.1, 0.15) is 57.1 Å². The molecule has 0 amide bonds. The highest BCUT2D eigenvalue weighted by Gasteiger charge is 2.44. The maximum absolute atomic E-state index is 3.65. The SMILES string of the molecule is CCCNCC1(c2ccc(C)cc2)CC(CCC)C1. The fraction of sp³-hybridized carbons (Fsp3) is 0.667. The normalized spacial score (nSPS) is 26.2. The second-order valence-corrected chi connectivity index (χ2v) is 6.39. The Labute approximate surface area is 118 Å². The van der Waals surface area contributed by atoms with Crippen molar-refractivity contribution in [2.75, 3.05) is 13.1 Å². The fourth-order valence-electron chi connectivity index (χ4n) is 3.55. The Morgan fingerprint density at radius 2 is 1.79 bits per heavy atom. The number of aryl methyl sites for hydroxylation is 1. The van der Waals surface area contributed by atoms with Crippen LogP contribution >= 0.6 is 0 Å². The van der Waals surface area contributed by atoms with Gasteiger partial charge in [-0.1, -0.05) is 56.5 Å². The first-order chi connectivity index (χ1) is 9.20. The minimum atomic E-state index is 0.419. The van der Waals surface area contributed by atoms with Crippen LogP contribution in [0.25, 0.3) is 0 Å². The summed E-state index contributed by atoms with van der Waals surface area (Å²) in [6.07, 6.45) is 6.71. The summed E-state index contributed by atoms with van der Waals surface area (Å²) in [6, 6.07) is 9.24. The third-order valence-electron chi connectivity index (χ3n) is 4.61. The maximum Gasteiger partial charge on any atom is 0.00830 e. The van der Waals surface area contributed by atoms with Crippen molar-refractivity contribution < 1.29 is 0 Å². The average Bonchev–Trinajstić information content (AvgIpc) is 2.37. The van der Waals surface area contributed by atoms with Gasteiger partial charge in [-0.3, -0.25) is 0 Å². The van der Waals surface area contributed by atoms with Crippen molar-refractivity contribution in [2.24, 2.45) is 5.92 Å². The minimum absolute atomic E-state index is 0.419. The summed E-state index contributed by atoms with van der Waals surface area (Å²) in [5, 5.41) is 3.65. The number of rotatable bonds is 7. The van der Waals surface area contributed by atoms with Gasteiger partial charge in [0, 0.05) is 12.0 Å². The summed E-state index contributed by atoms with van der Waals surface area (Å²) < 4.78 is 0. The van der Waals surface area contributed by atoms with E-state index in [1.165, 1.54) is 37.7 Å². The molecule has 1 fully saturated rings. The van der Waals surface area contributed by atoms with Gasteiger partial charge < -0.3 is 5.32 Å². The molecule has 1 aromatic carbocycles. The number of benzene rings is 1. The first kappa shape index (κ1) is 14.6. The molecule has 106 valence electrons. The summed E-state index contributed by atoms with van der Waals surface area (Å²) in [4.78, 5) is 0. The lowest BCUT2D eigenvalue weighted by atomic mass is 9.57. The zero-order chi connectivity index (χ0) is 13.7. The van der Waals surface area contributed by atoms with Crippen molar-refractivity contribution in [1.29, 1.82) is 0 Å². The molecule has 0 aromatic heterocycles. The molecule has 0 atom stereocenters. The number of hydrogen-bond donors (Lipinski definition) is 1. The molecule has 0 saturated heterocycles. The van der Waals surface area contributed by atoms with E-state index in [1.54, 1.807) is 5.56 Å². The van der Waals surface area contributed by atoms with E-state index in [2.05, 4.69) is 50.4 Å². The Morgan fingerprint density at radius 3 is 2.37 bits per heavy atom. The molecule has 1 heteroatoms. The Kier molecular flexibility index (Phi) is 5.04. The standard InChI is InChI=1S/C18H29N/c1-4-6-16-12-18(13-16,14-19-11-5-2)17-9-7-15(3)8-10-17/h7-10,16,19H,4-6,11-14H2,1-3H3. The number of nitrogens with one attached hydrogen (secondary N) is 1. The Balaban J connectivity index is 2.05. The monoisotopic (exact) mass is 259 g/mol. The van der Waals surface area contributed by atoms with Crippen molar-refractivity contribution in [2.45, 2.75) is 58.3 Å². The molecule has 1 nitrogen and oxygen atoms in total. The molecule has 0 heterocycles. The molecule has 1 N–H and O–H groups in total. The molecule has 0 radical (unpaired) electrons. The van der Waals surface area contributed by atoms with Gasteiger partial charge in [0.2, 0.25) is 0 Å². The maximum atomic E-state index is 3.65. The molecule has 0 aliphatic heterocycles. The molecule has 1 aromatic rings. The van der Waals surface area contributed by atoms with E-state index in [0.717, 1.165) is 19.0 Å². The summed E-state index contributed by atoms with van der Waals surface area (Å²) in [6.45, 7) is 9.02. The lowest BCUT2D eigenvalue weighted by Gasteiger charge is -2.49. The highest BCUT2D eigenvalue weighted by atomic mass is 14.9. The van der Waals surface area contributed by atoms with Crippen molar-refractivity contribution >= 4 is 0 Å². The summed E-state index contributed by atoms with van der Waals surface area (Å²) in [5.74, 6) is 0.953. The van der Waals surface area contributed by atoms with Crippen LogP contribution in [0, 0.1) is 12.8 Å². The van der Waals surface area contributed by atoms with Gasteiger partial charge >= 0.3 is 0 Å². The first-order valence-electron chi connectivity index (χ1n) is 7.98. The van der Waals surface area contributed by atoms with Crippen LogP contribution in [0.5, 0.6) is 0 Å². The van der Waals surface area contributed by atoms with Gasteiger partial charge in [0.1, 0.15) is 0 Å². The van der Waals surface area contributed by atoms with Crippen LogP contribution in [-0.4, -0.2) is 13.1 Å². The van der Waals surface area contributed by atoms with Crippen molar-refractivity contribution in [1.82, 2.24) is 5.32 Å². The Bertz CT molecular complexity index is 368. The lowest BCUT2D eigenvalue weighted by Crippen LogP contribution is -2.48. The Hall–Kier alpha value is -0.820. The van der Waals surface area contributed by atoms with Crippen LogP contribution in [-0.2, 0) is 5.41 Å². The van der Waals surface area contributed by atoms with Crippen molar-refractivity contribution in [3.63, 3.8) is 0 Å². The minimum Gasteiger partial charge on any atom is -0.316 e. The largest absolute Gasteiger partial charge is 0.316 e. The molecule has 0 spiro atoms. The predicted octanol–water partition coefficient (Wildman–Crippen LogP) is 4.44. The molecular formula is C18H29N. The predicted molar refractivity (Wildman–Crippen MR) is 83.6 cm³/mol. The Morgan fingerprint density at radius 1 is 1.11 bits per heavy atom. The van der Waals surface area contributed by atoms with Gasteiger partial charge in [0.05, 0.1) is 0 Å². The van der Waals surface area contributed by atoms with E-state index in [4.69, 9.17) is 0 Å². The molecule has 19 heavy (non-hydrogen) atoms. The van der Waals surface area contributed by atoms with Crippen LogP contribution in [0.4, 0.5) is 0 Å². The molecular weight excluding hydrogens is 230 g/mol. The van der Waals surface area contributed by atoms with Crippen LogP contribution in [0.2, 0.25) is 0 Å². The van der Waals surface area contributed by atoms with Crippen LogP contribution < -0.4 is 5.32 Å². The van der Waals surface area contributed by atoms with Crippen LogP contribution in [0.15, 0.2) is 24.3 Å². The van der Waals surface area contributed by atoms with Gasteiger partial charge in [-0.2, -0.15) is 0 Å². The van der Waals surface area contributed by atoms with Crippen LogP contribution in [0.3, 0.4) is 0 Å². The second-order valence-electron chi connectivity index (χ2n) is 6.39. The molecule has 2 rings (SSSR count). The molecule has 1 saturated carbocycles. The zero-order valence-corrected chi connectivity index (χ0v) is 12.8. The van der Waals surface area contributed by atoms with Gasteiger partial charge in [-0.05, 0) is 44.2 Å². The van der Waals surface area contributed by atoms with E-state index in [9.17, 15) is 0 Å². The van der Waals surface area contributed by atoms with E-state index in [1.807, 2.05) is 0 Å². The van der Waals surface area contributed by atoms with E-state index < -0.39 is 0 Å². The van der Waals surface area contributed by atoms with E-state index >= 15 is 0 Å². The fourth-order valence-corrected chi connectivity index (χ4v) is 3.55. The molecule has 1 aliphatic rings. The second kappa shape index (κ2) is 6.56. The molecule has 0 unspecified atom stereocenters. The highest BCUT2D eigenvalue weighted by Crippen LogP contribution is 2.49. The topological polar surface area (TPSA) is 12.0 Å². The summed E-state index contributed by atoms with van der Waals surface area (Å²) in [7, 11) is 0. The van der Waals surface area contributed by atoms with Gasteiger partial charge in [0.15, 0.2) is 0 Å². The lowest BCUT2D eigenvalue weighted by molar-refractivity contribution is 0.129. The molecule has 0 bridgehead atoms. The van der Waals surface area contributed by atoms with Crippen molar-refractivity contribution in [3.05, 3.63) is 35.4 Å². The summed E-state index contributed by atoms with van der Waals surface area (Å²) in [5.41, 5.74) is 3.34. The van der Waals surface area contributed by atoms with Gasteiger partial charge in [-0.15, -0.1) is 0 Å². The summed E-state index contributed by atoms with van der Waals surface area (Å²) >= 11 is 0. The third kappa shape index (κ3) is 3.39. The first-order valence-corrected chi connectivity index (χ1v) is 7.98.